The van der Waals surface area contributed by atoms with Crippen LogP contribution in [0.15, 0.2) is 48.5 Å². The van der Waals surface area contributed by atoms with Crippen LogP contribution in [0.1, 0.15) is 16.7 Å². The van der Waals surface area contributed by atoms with Crippen LogP contribution in [-0.4, -0.2) is 51.5 Å². The van der Waals surface area contributed by atoms with Gasteiger partial charge in [-0.05, 0) is 53.1 Å². The number of hydrogen-bond donors (Lipinski definition) is 2. The first kappa shape index (κ1) is 28.4. The summed E-state index contributed by atoms with van der Waals surface area (Å²) < 4.78 is 26.4. The molecule has 0 spiro atoms. The van der Waals surface area contributed by atoms with Crippen LogP contribution in [0.2, 0.25) is 0 Å². The van der Waals surface area contributed by atoms with Crippen molar-refractivity contribution in [3.63, 3.8) is 0 Å². The number of carbonyl (C=O) groups excluding carboxylic acids is 1. The molecule has 0 fully saturated rings. The second-order valence-electron chi connectivity index (χ2n) is 7.92. The van der Waals surface area contributed by atoms with E-state index in [2.05, 4.69) is 5.32 Å². The summed E-state index contributed by atoms with van der Waals surface area (Å²) in [5.41, 5.74) is 1.72. The van der Waals surface area contributed by atoms with E-state index in [0.29, 0.717) is 28.4 Å². The number of nitrogens with one attached hydrogen (secondary N) is 1. The van der Waals surface area contributed by atoms with Crippen molar-refractivity contribution in [2.75, 3.05) is 40.9 Å². The topological polar surface area (TPSA) is 139 Å². The SMILES string of the molecule is COc1ccc(/C=C/C(=O)Nc2cc(/C=C/c3cc(OC)c(OC)c(OC)c3)cc(O)c2OC)cc1[N+](=O)[O-]. The fourth-order valence-electron chi connectivity index (χ4n) is 3.73. The van der Waals surface area contributed by atoms with Gasteiger partial charge in [-0.3, -0.25) is 14.9 Å². The highest BCUT2D eigenvalue weighted by Crippen LogP contribution is 2.39. The molecule has 0 aromatic heterocycles. The zero-order chi connectivity index (χ0) is 28.5. The normalized spacial score (nSPS) is 10.9. The van der Waals surface area contributed by atoms with E-state index in [4.69, 9.17) is 23.7 Å². The Morgan fingerprint density at radius 3 is 1.90 bits per heavy atom. The van der Waals surface area contributed by atoms with Gasteiger partial charge in [-0.2, -0.15) is 0 Å². The van der Waals surface area contributed by atoms with Gasteiger partial charge in [-0.15, -0.1) is 0 Å². The molecule has 0 aliphatic carbocycles. The molecule has 0 aliphatic rings. The first-order valence-corrected chi connectivity index (χ1v) is 11.4. The summed E-state index contributed by atoms with van der Waals surface area (Å²) in [4.78, 5) is 23.3. The van der Waals surface area contributed by atoms with Gasteiger partial charge in [-0.1, -0.05) is 18.2 Å². The number of ether oxygens (including phenoxy) is 5. The predicted molar refractivity (Wildman–Crippen MR) is 147 cm³/mol. The highest BCUT2D eigenvalue weighted by molar-refractivity contribution is 6.03. The lowest BCUT2D eigenvalue weighted by molar-refractivity contribution is -0.385. The molecule has 3 aromatic carbocycles. The number of phenolic OH excluding ortho intramolecular Hbond substituents is 1. The number of phenols is 1. The molecule has 11 heteroatoms. The molecule has 11 nitrogen and oxygen atoms in total. The number of nitro groups is 1. The van der Waals surface area contributed by atoms with Crippen LogP contribution < -0.4 is 29.0 Å². The smallest absolute Gasteiger partial charge is 0.311 e. The summed E-state index contributed by atoms with van der Waals surface area (Å²) in [5, 5.41) is 24.4. The van der Waals surface area contributed by atoms with E-state index >= 15 is 0 Å². The Hall–Kier alpha value is -5.19. The van der Waals surface area contributed by atoms with Gasteiger partial charge >= 0.3 is 5.69 Å². The minimum absolute atomic E-state index is 0.0711. The predicted octanol–water partition coefficient (Wildman–Crippen LogP) is 5.17. The highest BCUT2D eigenvalue weighted by atomic mass is 16.6. The van der Waals surface area contributed by atoms with Crippen LogP contribution in [-0.2, 0) is 4.79 Å². The standard InChI is InChI=1S/C28H28N2O9/c1-35-23-10-8-17(13-21(23)30(33)34)9-11-26(32)29-20-12-18(14-22(31)27(20)38-4)6-7-19-15-24(36-2)28(39-5)25(16-19)37-3/h6-16,31H,1-5H3,(H,29,32)/b7-6+,11-9+. The Morgan fingerprint density at radius 1 is 0.769 bits per heavy atom. The maximum absolute atomic E-state index is 12.6. The molecule has 1 amide bonds. The number of methoxy groups -OCH3 is 5. The molecule has 0 aliphatic heterocycles. The van der Waals surface area contributed by atoms with E-state index in [0.717, 1.165) is 5.56 Å². The van der Waals surface area contributed by atoms with Gasteiger partial charge in [-0.25, -0.2) is 0 Å². The number of nitrogens with zero attached hydrogens (tertiary/aromatic N) is 1. The molecule has 0 radical (unpaired) electrons. The maximum atomic E-state index is 12.6. The van der Waals surface area contributed by atoms with Crippen LogP contribution in [0.5, 0.6) is 34.5 Å². The van der Waals surface area contributed by atoms with Gasteiger partial charge in [0.15, 0.2) is 28.7 Å². The molecule has 0 saturated carbocycles. The van der Waals surface area contributed by atoms with Gasteiger partial charge < -0.3 is 34.1 Å². The van der Waals surface area contributed by atoms with Gasteiger partial charge in [0.05, 0.1) is 46.2 Å². The molecule has 0 atom stereocenters. The lowest BCUT2D eigenvalue weighted by Crippen LogP contribution is -2.09. The summed E-state index contributed by atoms with van der Waals surface area (Å²) >= 11 is 0. The van der Waals surface area contributed by atoms with E-state index in [1.54, 1.807) is 36.4 Å². The number of carbonyl (C=O) groups is 1. The monoisotopic (exact) mass is 536 g/mol. The molecule has 39 heavy (non-hydrogen) atoms. The van der Waals surface area contributed by atoms with Gasteiger partial charge in [0.1, 0.15) is 0 Å². The first-order chi connectivity index (χ1) is 18.7. The summed E-state index contributed by atoms with van der Waals surface area (Å²) in [6.07, 6.45) is 6.12. The van der Waals surface area contributed by atoms with Crippen molar-refractivity contribution in [1.29, 1.82) is 0 Å². The zero-order valence-electron chi connectivity index (χ0n) is 22.0. The molecule has 2 N–H and O–H groups in total. The van der Waals surface area contributed by atoms with Crippen molar-refractivity contribution in [2.45, 2.75) is 0 Å². The fraction of sp³-hybridized carbons (Fsp3) is 0.179. The number of benzene rings is 3. The first-order valence-electron chi connectivity index (χ1n) is 11.4. The van der Waals surface area contributed by atoms with E-state index in [1.807, 2.05) is 0 Å². The molecule has 0 heterocycles. The van der Waals surface area contributed by atoms with Crippen LogP contribution in [0, 0.1) is 10.1 Å². The number of hydrogen-bond acceptors (Lipinski definition) is 9. The zero-order valence-corrected chi connectivity index (χ0v) is 22.0. The van der Waals surface area contributed by atoms with Crippen molar-refractivity contribution < 1.29 is 38.5 Å². The Balaban J connectivity index is 1.86. The van der Waals surface area contributed by atoms with E-state index in [-0.39, 0.29) is 28.6 Å². The van der Waals surface area contributed by atoms with Crippen molar-refractivity contribution in [2.24, 2.45) is 0 Å². The van der Waals surface area contributed by atoms with E-state index in [9.17, 15) is 20.0 Å². The Labute approximate surface area is 225 Å². The number of amides is 1. The summed E-state index contributed by atoms with van der Waals surface area (Å²) in [6.45, 7) is 0. The van der Waals surface area contributed by atoms with Gasteiger partial charge in [0.2, 0.25) is 11.7 Å². The number of anilines is 1. The van der Waals surface area contributed by atoms with Crippen LogP contribution >= 0.6 is 0 Å². The molecule has 3 aromatic rings. The number of nitro benzene ring substituents is 1. The van der Waals surface area contributed by atoms with Gasteiger partial charge in [0, 0.05) is 12.1 Å². The fourth-order valence-corrected chi connectivity index (χ4v) is 3.73. The third-order valence-corrected chi connectivity index (χ3v) is 5.54. The third kappa shape index (κ3) is 6.77. The third-order valence-electron chi connectivity index (χ3n) is 5.54. The molecular formula is C28H28N2O9. The lowest BCUT2D eigenvalue weighted by Gasteiger charge is -2.13. The second kappa shape index (κ2) is 12.9. The maximum Gasteiger partial charge on any atom is 0.311 e. The minimum Gasteiger partial charge on any atom is -0.504 e. The highest BCUT2D eigenvalue weighted by Gasteiger charge is 2.16. The molecule has 3 rings (SSSR count). The Kier molecular flexibility index (Phi) is 9.36. The second-order valence-corrected chi connectivity index (χ2v) is 7.92. The summed E-state index contributed by atoms with van der Waals surface area (Å²) in [6, 6.07) is 10.9. The van der Waals surface area contributed by atoms with Crippen molar-refractivity contribution in [1.82, 2.24) is 0 Å². The Bertz CT molecular complexity index is 1410. The van der Waals surface area contributed by atoms with Crippen molar-refractivity contribution >= 4 is 35.5 Å². The van der Waals surface area contributed by atoms with Crippen molar-refractivity contribution in [3.05, 3.63) is 75.3 Å². The number of rotatable bonds is 11. The molecule has 0 saturated heterocycles. The van der Waals surface area contributed by atoms with E-state index < -0.39 is 10.8 Å². The van der Waals surface area contributed by atoms with Crippen molar-refractivity contribution in [3.8, 4) is 34.5 Å². The minimum atomic E-state index is -0.568. The van der Waals surface area contributed by atoms with E-state index in [1.165, 1.54) is 65.9 Å². The average molecular weight is 537 g/mol. The Morgan fingerprint density at radius 2 is 1.36 bits per heavy atom. The molecular weight excluding hydrogens is 508 g/mol. The molecule has 0 bridgehead atoms. The van der Waals surface area contributed by atoms with Gasteiger partial charge in [0.25, 0.3) is 0 Å². The molecule has 204 valence electrons. The average Bonchev–Trinajstić information content (AvgIpc) is 2.93. The lowest BCUT2D eigenvalue weighted by atomic mass is 10.1. The largest absolute Gasteiger partial charge is 0.504 e. The number of aromatic hydroxyl groups is 1. The summed E-state index contributed by atoms with van der Waals surface area (Å²) in [5.74, 6) is 0.875. The summed E-state index contributed by atoms with van der Waals surface area (Å²) in [7, 11) is 7.25. The van der Waals surface area contributed by atoms with Crippen LogP contribution in [0.4, 0.5) is 11.4 Å². The quantitative estimate of drug-likeness (QED) is 0.147. The molecule has 0 unspecified atom stereocenters. The van der Waals surface area contributed by atoms with Crippen LogP contribution in [0.25, 0.3) is 18.2 Å². The van der Waals surface area contributed by atoms with Crippen LogP contribution in [0.3, 0.4) is 0 Å².